The second-order valence-corrected chi connectivity index (χ2v) is 3.62. The number of terminal acetylenes is 1. The Bertz CT molecular complexity index is 346. The zero-order valence-electron chi connectivity index (χ0n) is 9.75. The van der Waals surface area contributed by atoms with Gasteiger partial charge in [0.25, 0.3) is 0 Å². The molecule has 0 aromatic carbocycles. The third-order valence-corrected chi connectivity index (χ3v) is 2.61. The Kier molecular flexibility index (Phi) is 4.38. The first kappa shape index (κ1) is 11.8. The molecule has 0 aliphatic carbocycles. The normalized spacial score (nSPS) is 12.4. The van der Waals surface area contributed by atoms with Gasteiger partial charge in [0.15, 0.2) is 0 Å². The molecular formula is C12H19N3. The molecule has 0 amide bonds. The summed E-state index contributed by atoms with van der Waals surface area (Å²) in [6, 6.07) is 2.45. The third-order valence-electron chi connectivity index (χ3n) is 2.61. The molecule has 15 heavy (non-hydrogen) atoms. The van der Waals surface area contributed by atoms with Crippen LogP contribution < -0.4 is 5.32 Å². The summed E-state index contributed by atoms with van der Waals surface area (Å²) in [4.78, 5) is 0. The average Bonchev–Trinajstić information content (AvgIpc) is 2.61. The number of nitrogens with one attached hydrogen (secondary N) is 1. The van der Waals surface area contributed by atoms with Gasteiger partial charge in [-0.1, -0.05) is 6.92 Å². The number of aromatic nitrogens is 2. The lowest BCUT2D eigenvalue weighted by Crippen LogP contribution is -2.19. The summed E-state index contributed by atoms with van der Waals surface area (Å²) >= 11 is 0. The number of hydrogen-bond donors (Lipinski definition) is 1. The van der Waals surface area contributed by atoms with Crippen molar-refractivity contribution in [2.45, 2.75) is 32.2 Å². The lowest BCUT2D eigenvalue weighted by atomic mass is 10.1. The molecule has 0 spiro atoms. The van der Waals surface area contributed by atoms with Crippen LogP contribution >= 0.6 is 0 Å². The van der Waals surface area contributed by atoms with Crippen LogP contribution in [-0.4, -0.2) is 16.8 Å². The highest BCUT2D eigenvalue weighted by molar-refractivity contribution is 5.14. The van der Waals surface area contributed by atoms with Crippen LogP contribution in [0.5, 0.6) is 0 Å². The van der Waals surface area contributed by atoms with Crippen molar-refractivity contribution in [3.8, 4) is 12.3 Å². The summed E-state index contributed by atoms with van der Waals surface area (Å²) in [7, 11) is 3.94. The Hall–Kier alpha value is -1.27. The highest BCUT2D eigenvalue weighted by Gasteiger charge is 2.13. The highest BCUT2D eigenvalue weighted by Crippen LogP contribution is 2.18. The van der Waals surface area contributed by atoms with Gasteiger partial charge in [-0.15, -0.1) is 12.3 Å². The molecule has 1 rings (SSSR count). The van der Waals surface area contributed by atoms with E-state index in [9.17, 15) is 0 Å². The van der Waals surface area contributed by atoms with E-state index in [1.165, 1.54) is 5.69 Å². The molecule has 1 aromatic heterocycles. The van der Waals surface area contributed by atoms with Gasteiger partial charge in [-0.25, -0.2) is 0 Å². The maximum absolute atomic E-state index is 5.28. The van der Waals surface area contributed by atoms with Crippen molar-refractivity contribution < 1.29 is 0 Å². The van der Waals surface area contributed by atoms with E-state index in [0.717, 1.165) is 25.0 Å². The summed E-state index contributed by atoms with van der Waals surface area (Å²) in [6.07, 6.45) is 7.99. The number of rotatable bonds is 5. The van der Waals surface area contributed by atoms with Crippen molar-refractivity contribution in [1.29, 1.82) is 0 Å². The predicted octanol–water partition coefficient (Wildman–Crippen LogP) is 1.66. The minimum absolute atomic E-state index is 0.304. The standard InChI is InChI=1S/C12H19N3/c1-5-7-8-11(13-3)12-9-10(6-2)14-15(12)4/h1,9,11,13H,6-8H2,2-4H3. The van der Waals surface area contributed by atoms with Gasteiger partial charge < -0.3 is 5.32 Å². The molecule has 1 N–H and O–H groups in total. The first-order chi connectivity index (χ1) is 7.22. The summed E-state index contributed by atoms with van der Waals surface area (Å²) in [5.41, 5.74) is 2.35. The fourth-order valence-corrected chi connectivity index (χ4v) is 1.71. The van der Waals surface area contributed by atoms with Crippen LogP contribution in [0.4, 0.5) is 0 Å². The lowest BCUT2D eigenvalue weighted by Gasteiger charge is -2.14. The van der Waals surface area contributed by atoms with E-state index < -0.39 is 0 Å². The Morgan fingerprint density at radius 3 is 2.87 bits per heavy atom. The van der Waals surface area contributed by atoms with Gasteiger partial charge in [0.1, 0.15) is 0 Å². The second kappa shape index (κ2) is 5.57. The van der Waals surface area contributed by atoms with Gasteiger partial charge in [-0.05, 0) is 26.0 Å². The Labute approximate surface area is 91.9 Å². The van der Waals surface area contributed by atoms with Crippen LogP contribution in [0.25, 0.3) is 0 Å². The van der Waals surface area contributed by atoms with Crippen molar-refractivity contribution in [1.82, 2.24) is 15.1 Å². The quantitative estimate of drug-likeness (QED) is 0.741. The molecular weight excluding hydrogens is 186 g/mol. The molecule has 0 fully saturated rings. The third kappa shape index (κ3) is 2.84. The zero-order valence-corrected chi connectivity index (χ0v) is 9.75. The number of hydrogen-bond acceptors (Lipinski definition) is 2. The van der Waals surface area contributed by atoms with Gasteiger partial charge in [-0.2, -0.15) is 5.10 Å². The van der Waals surface area contributed by atoms with Crippen LogP contribution in [0.2, 0.25) is 0 Å². The van der Waals surface area contributed by atoms with E-state index in [1.54, 1.807) is 0 Å². The molecule has 0 bridgehead atoms. The van der Waals surface area contributed by atoms with E-state index in [1.807, 2.05) is 18.8 Å². The summed E-state index contributed by atoms with van der Waals surface area (Å²) in [5.74, 6) is 2.67. The second-order valence-electron chi connectivity index (χ2n) is 3.62. The number of aryl methyl sites for hydroxylation is 2. The molecule has 0 aliphatic rings. The van der Waals surface area contributed by atoms with E-state index in [-0.39, 0.29) is 0 Å². The Morgan fingerprint density at radius 1 is 1.67 bits per heavy atom. The lowest BCUT2D eigenvalue weighted by molar-refractivity contribution is 0.512. The van der Waals surface area contributed by atoms with Gasteiger partial charge in [-0.3, -0.25) is 4.68 Å². The topological polar surface area (TPSA) is 29.9 Å². The van der Waals surface area contributed by atoms with Crippen molar-refractivity contribution in [3.63, 3.8) is 0 Å². The van der Waals surface area contributed by atoms with Crippen LogP contribution in [0, 0.1) is 12.3 Å². The largest absolute Gasteiger partial charge is 0.312 e. The monoisotopic (exact) mass is 205 g/mol. The van der Waals surface area contributed by atoms with Gasteiger partial charge in [0, 0.05) is 19.5 Å². The van der Waals surface area contributed by atoms with Crippen molar-refractivity contribution in [2.24, 2.45) is 7.05 Å². The molecule has 3 heteroatoms. The minimum Gasteiger partial charge on any atom is -0.312 e. The van der Waals surface area contributed by atoms with Crippen LogP contribution in [0.15, 0.2) is 6.07 Å². The first-order valence-electron chi connectivity index (χ1n) is 5.36. The molecule has 82 valence electrons. The summed E-state index contributed by atoms with van der Waals surface area (Å²) in [6.45, 7) is 2.11. The fourth-order valence-electron chi connectivity index (χ4n) is 1.71. The fraction of sp³-hybridized carbons (Fsp3) is 0.583. The van der Waals surface area contributed by atoms with Crippen molar-refractivity contribution >= 4 is 0 Å². The Balaban J connectivity index is 2.81. The van der Waals surface area contributed by atoms with Gasteiger partial charge in [0.2, 0.25) is 0 Å². The van der Waals surface area contributed by atoms with E-state index in [2.05, 4.69) is 29.3 Å². The van der Waals surface area contributed by atoms with E-state index in [4.69, 9.17) is 6.42 Å². The van der Waals surface area contributed by atoms with Crippen LogP contribution in [0.1, 0.15) is 37.2 Å². The van der Waals surface area contributed by atoms with Gasteiger partial charge in [0.05, 0.1) is 11.4 Å². The van der Waals surface area contributed by atoms with Crippen molar-refractivity contribution in [2.75, 3.05) is 7.05 Å². The summed E-state index contributed by atoms with van der Waals surface area (Å²) in [5, 5.41) is 7.71. The Morgan fingerprint density at radius 2 is 2.40 bits per heavy atom. The molecule has 1 aromatic rings. The average molecular weight is 205 g/mol. The molecule has 0 radical (unpaired) electrons. The molecule has 3 nitrogen and oxygen atoms in total. The first-order valence-corrected chi connectivity index (χ1v) is 5.36. The van der Waals surface area contributed by atoms with Crippen LogP contribution in [0.3, 0.4) is 0 Å². The minimum atomic E-state index is 0.304. The SMILES string of the molecule is C#CCCC(NC)c1cc(CC)nn1C. The maximum Gasteiger partial charge on any atom is 0.0625 e. The van der Waals surface area contributed by atoms with E-state index >= 15 is 0 Å². The molecule has 1 atom stereocenters. The smallest absolute Gasteiger partial charge is 0.0625 e. The highest BCUT2D eigenvalue weighted by atomic mass is 15.3. The zero-order chi connectivity index (χ0) is 11.3. The molecule has 0 saturated carbocycles. The molecule has 1 unspecified atom stereocenters. The van der Waals surface area contributed by atoms with Crippen LogP contribution in [-0.2, 0) is 13.5 Å². The van der Waals surface area contributed by atoms with Gasteiger partial charge >= 0.3 is 0 Å². The number of nitrogens with zero attached hydrogens (tertiary/aromatic N) is 2. The molecule has 0 saturated heterocycles. The van der Waals surface area contributed by atoms with E-state index in [0.29, 0.717) is 6.04 Å². The maximum atomic E-state index is 5.28. The molecule has 1 heterocycles. The predicted molar refractivity (Wildman–Crippen MR) is 62.5 cm³/mol. The summed E-state index contributed by atoms with van der Waals surface area (Å²) < 4.78 is 1.94. The molecule has 0 aliphatic heterocycles. The van der Waals surface area contributed by atoms with Crippen molar-refractivity contribution in [3.05, 3.63) is 17.5 Å².